The number of para-hydroxylation sites is 2. The highest BCUT2D eigenvalue weighted by Gasteiger charge is 2.17. The maximum Gasteiger partial charge on any atom is 0.0543 e. The average Bonchev–Trinajstić information content (AvgIpc) is 3.47. The van der Waals surface area contributed by atoms with Crippen molar-refractivity contribution in [3.63, 3.8) is 0 Å². The molecule has 46 heavy (non-hydrogen) atoms. The van der Waals surface area contributed by atoms with Crippen molar-refractivity contribution < 1.29 is 0 Å². The lowest BCUT2D eigenvalue weighted by Crippen LogP contribution is -1.93. The third-order valence-electron chi connectivity index (χ3n) is 9.44. The van der Waals surface area contributed by atoms with Crippen molar-refractivity contribution in [2.24, 2.45) is 0 Å². The van der Waals surface area contributed by atoms with E-state index >= 15 is 0 Å². The van der Waals surface area contributed by atoms with Crippen LogP contribution in [0.5, 0.6) is 0 Å². The van der Waals surface area contributed by atoms with E-state index in [9.17, 15) is 0 Å². The summed E-state index contributed by atoms with van der Waals surface area (Å²) in [7, 11) is 0. The van der Waals surface area contributed by atoms with Crippen LogP contribution in [-0.2, 0) is 6.42 Å². The number of nitrogens with zero attached hydrogens (tertiary/aromatic N) is 1. The quantitative estimate of drug-likeness (QED) is 0.140. The van der Waals surface area contributed by atoms with Crippen molar-refractivity contribution >= 4 is 60.2 Å². The third kappa shape index (κ3) is 4.17. The first-order valence-electron chi connectivity index (χ1n) is 16.0. The number of benzene rings is 8. The van der Waals surface area contributed by atoms with Crippen molar-refractivity contribution in [2.45, 2.75) is 6.42 Å². The van der Waals surface area contributed by atoms with Crippen LogP contribution in [0.2, 0.25) is 0 Å². The van der Waals surface area contributed by atoms with E-state index in [-0.39, 0.29) is 0 Å². The normalized spacial score (nSPS) is 11.9. The highest BCUT2D eigenvalue weighted by atomic mass is 15.0. The molecule has 0 bridgehead atoms. The SMILES string of the molecule is C(=C\c1c2ccccc2c(-c2ccccc2)c2c1ccc1ccccc12)/Cc1cccc2c1c1ccccc1n2-c1ccccc1. The fraction of sp³-hybridized carbons (Fsp3) is 0.0222. The minimum Gasteiger partial charge on any atom is -0.309 e. The van der Waals surface area contributed by atoms with Gasteiger partial charge in [-0.15, -0.1) is 0 Å². The average molecular weight is 586 g/mol. The number of allylic oxidation sites excluding steroid dienone is 1. The summed E-state index contributed by atoms with van der Waals surface area (Å²) in [5, 5.41) is 10.3. The van der Waals surface area contributed by atoms with Gasteiger partial charge in [-0.05, 0) is 85.3 Å². The second-order valence-corrected chi connectivity index (χ2v) is 12.0. The zero-order chi connectivity index (χ0) is 30.5. The topological polar surface area (TPSA) is 4.93 Å². The van der Waals surface area contributed by atoms with Crippen LogP contribution in [0.15, 0.2) is 170 Å². The van der Waals surface area contributed by atoms with E-state index in [2.05, 4.69) is 181 Å². The number of aromatic nitrogens is 1. The van der Waals surface area contributed by atoms with Crippen molar-refractivity contribution in [3.8, 4) is 16.8 Å². The Morgan fingerprint density at radius 2 is 1.09 bits per heavy atom. The molecule has 0 saturated heterocycles. The number of hydrogen-bond donors (Lipinski definition) is 0. The van der Waals surface area contributed by atoms with Crippen LogP contribution in [-0.4, -0.2) is 4.57 Å². The van der Waals surface area contributed by atoms with E-state index in [1.165, 1.54) is 82.1 Å². The van der Waals surface area contributed by atoms with Gasteiger partial charge in [-0.25, -0.2) is 0 Å². The van der Waals surface area contributed by atoms with Crippen LogP contribution in [0.25, 0.3) is 77.0 Å². The molecule has 0 unspecified atom stereocenters. The highest BCUT2D eigenvalue weighted by molar-refractivity contribution is 6.25. The van der Waals surface area contributed by atoms with Gasteiger partial charge in [-0.2, -0.15) is 0 Å². The number of rotatable bonds is 5. The van der Waals surface area contributed by atoms with Crippen LogP contribution >= 0.6 is 0 Å². The van der Waals surface area contributed by atoms with Crippen LogP contribution in [0.1, 0.15) is 11.1 Å². The smallest absolute Gasteiger partial charge is 0.0543 e. The Hall–Kier alpha value is -5.92. The summed E-state index contributed by atoms with van der Waals surface area (Å²) in [6, 6.07) is 59.4. The fourth-order valence-electron chi connectivity index (χ4n) is 7.49. The first kappa shape index (κ1) is 26.5. The lowest BCUT2D eigenvalue weighted by Gasteiger charge is -2.17. The Morgan fingerprint density at radius 1 is 0.435 bits per heavy atom. The first-order valence-corrected chi connectivity index (χ1v) is 16.0. The summed E-state index contributed by atoms with van der Waals surface area (Å²) < 4.78 is 2.40. The maximum absolute atomic E-state index is 2.40. The Labute approximate surface area is 268 Å². The highest BCUT2D eigenvalue weighted by Crippen LogP contribution is 2.43. The van der Waals surface area contributed by atoms with Crippen LogP contribution < -0.4 is 0 Å². The molecule has 0 aliphatic carbocycles. The Balaban J connectivity index is 1.25. The third-order valence-corrected chi connectivity index (χ3v) is 9.44. The molecule has 0 fully saturated rings. The minimum absolute atomic E-state index is 0.837. The molecular weight excluding hydrogens is 555 g/mol. The van der Waals surface area contributed by atoms with Crippen molar-refractivity contribution in [1.29, 1.82) is 0 Å². The van der Waals surface area contributed by atoms with E-state index < -0.39 is 0 Å². The lowest BCUT2D eigenvalue weighted by atomic mass is 9.86. The lowest BCUT2D eigenvalue weighted by molar-refractivity contribution is 1.18. The molecule has 0 radical (unpaired) electrons. The predicted molar refractivity (Wildman–Crippen MR) is 198 cm³/mol. The molecule has 1 heterocycles. The Kier molecular flexibility index (Phi) is 6.28. The van der Waals surface area contributed by atoms with E-state index in [4.69, 9.17) is 0 Å². The molecule has 0 N–H and O–H groups in total. The van der Waals surface area contributed by atoms with Gasteiger partial charge in [0.15, 0.2) is 0 Å². The van der Waals surface area contributed by atoms with Gasteiger partial charge in [0.05, 0.1) is 11.0 Å². The molecule has 9 rings (SSSR count). The van der Waals surface area contributed by atoms with E-state index in [0.29, 0.717) is 0 Å². The number of hydrogen-bond acceptors (Lipinski definition) is 0. The standard InChI is InChI=1S/C45H31N/c1-3-16-33(17-4-1)44-38-24-10-9-23-36(38)37(39-30-29-31-15-7-8-22-35(31)45(39)44)26-13-18-32-19-14-28-42-43(32)40-25-11-12-27-41(40)46(42)34-20-5-2-6-21-34/h1-17,19-30H,18H2/b26-13+. The second kappa shape index (κ2) is 10.9. The second-order valence-electron chi connectivity index (χ2n) is 12.0. The zero-order valence-corrected chi connectivity index (χ0v) is 25.4. The predicted octanol–water partition coefficient (Wildman–Crippen LogP) is 12.2. The van der Waals surface area contributed by atoms with Gasteiger partial charge in [0.25, 0.3) is 0 Å². The minimum atomic E-state index is 0.837. The molecule has 1 nitrogen and oxygen atoms in total. The molecule has 0 aliphatic heterocycles. The summed E-state index contributed by atoms with van der Waals surface area (Å²) in [4.78, 5) is 0. The largest absolute Gasteiger partial charge is 0.309 e. The molecular formula is C45H31N. The maximum atomic E-state index is 2.40. The molecule has 0 atom stereocenters. The first-order chi connectivity index (χ1) is 22.9. The summed E-state index contributed by atoms with van der Waals surface area (Å²) in [6.07, 6.45) is 5.56. The summed E-state index contributed by atoms with van der Waals surface area (Å²) in [5.74, 6) is 0. The van der Waals surface area contributed by atoms with Crippen LogP contribution in [0, 0.1) is 0 Å². The Bertz CT molecular complexity index is 2590. The summed E-state index contributed by atoms with van der Waals surface area (Å²) in [5.41, 5.74) is 8.82. The summed E-state index contributed by atoms with van der Waals surface area (Å²) in [6.45, 7) is 0. The van der Waals surface area contributed by atoms with Crippen LogP contribution in [0.3, 0.4) is 0 Å². The molecule has 8 aromatic carbocycles. The molecule has 1 aromatic heterocycles. The van der Waals surface area contributed by atoms with Crippen molar-refractivity contribution in [1.82, 2.24) is 4.57 Å². The van der Waals surface area contributed by atoms with Gasteiger partial charge in [-0.3, -0.25) is 0 Å². The van der Waals surface area contributed by atoms with E-state index in [1.54, 1.807) is 0 Å². The van der Waals surface area contributed by atoms with Crippen molar-refractivity contribution in [2.75, 3.05) is 0 Å². The van der Waals surface area contributed by atoms with Gasteiger partial charge in [0.1, 0.15) is 0 Å². The van der Waals surface area contributed by atoms with Gasteiger partial charge < -0.3 is 4.57 Å². The number of fused-ring (bicyclic) bond motifs is 7. The van der Waals surface area contributed by atoms with Gasteiger partial charge >= 0.3 is 0 Å². The Morgan fingerprint density at radius 3 is 1.91 bits per heavy atom. The molecule has 0 spiro atoms. The molecule has 0 aliphatic rings. The molecule has 1 heteroatoms. The zero-order valence-electron chi connectivity index (χ0n) is 25.4. The van der Waals surface area contributed by atoms with Crippen molar-refractivity contribution in [3.05, 3.63) is 181 Å². The molecule has 216 valence electrons. The van der Waals surface area contributed by atoms with Gasteiger partial charge in [0.2, 0.25) is 0 Å². The monoisotopic (exact) mass is 585 g/mol. The van der Waals surface area contributed by atoms with Gasteiger partial charge in [-0.1, -0.05) is 152 Å². The molecule has 0 amide bonds. The van der Waals surface area contributed by atoms with Gasteiger partial charge in [0, 0.05) is 16.5 Å². The van der Waals surface area contributed by atoms with Crippen LogP contribution in [0.4, 0.5) is 0 Å². The molecule has 0 saturated carbocycles. The summed E-state index contributed by atoms with van der Waals surface area (Å²) >= 11 is 0. The van der Waals surface area contributed by atoms with E-state index in [0.717, 1.165) is 6.42 Å². The van der Waals surface area contributed by atoms with E-state index in [1.807, 2.05) is 0 Å². The molecule has 9 aromatic rings. The fourth-order valence-corrected chi connectivity index (χ4v) is 7.49.